The zero-order valence-corrected chi connectivity index (χ0v) is 12.5. The van der Waals surface area contributed by atoms with E-state index in [4.69, 9.17) is 20.9 Å². The minimum Gasteiger partial charge on any atom is -0.407 e. The summed E-state index contributed by atoms with van der Waals surface area (Å²) in [6, 6.07) is 0. The van der Waals surface area contributed by atoms with Gasteiger partial charge < -0.3 is 9.31 Å². The lowest BCUT2D eigenvalue weighted by Crippen LogP contribution is -2.31. The van der Waals surface area contributed by atoms with E-state index in [1.807, 2.05) is 0 Å². The molecule has 0 aliphatic carbocycles. The molecular formula is C14H24BClO2. The molecule has 1 aliphatic heterocycles. The SMILES string of the molecule is CC(C)(C)/C=C/C(=C/CCCCl)B1OCCCO1. The highest BCUT2D eigenvalue weighted by Gasteiger charge is 2.25. The largest absolute Gasteiger partial charge is 0.493 e. The number of hydrogen-bond acceptors (Lipinski definition) is 2. The van der Waals surface area contributed by atoms with Gasteiger partial charge in [-0.3, -0.25) is 0 Å². The van der Waals surface area contributed by atoms with E-state index in [1.54, 1.807) is 0 Å². The number of alkyl halides is 1. The van der Waals surface area contributed by atoms with Crippen LogP contribution in [-0.2, 0) is 9.31 Å². The molecule has 0 unspecified atom stereocenters. The maximum atomic E-state index is 5.71. The molecule has 0 aromatic carbocycles. The van der Waals surface area contributed by atoms with Crippen molar-refractivity contribution in [2.45, 2.75) is 40.0 Å². The molecule has 0 radical (unpaired) electrons. The molecule has 1 rings (SSSR count). The monoisotopic (exact) mass is 270 g/mol. The molecule has 0 saturated carbocycles. The van der Waals surface area contributed by atoms with E-state index in [0.717, 1.165) is 37.9 Å². The second-order valence-corrected chi connectivity index (χ2v) is 6.04. The molecule has 0 N–H and O–H groups in total. The molecule has 0 spiro atoms. The van der Waals surface area contributed by atoms with E-state index in [0.29, 0.717) is 5.88 Å². The highest BCUT2D eigenvalue weighted by molar-refractivity contribution is 6.54. The van der Waals surface area contributed by atoms with Gasteiger partial charge in [-0.25, -0.2) is 0 Å². The van der Waals surface area contributed by atoms with Gasteiger partial charge in [-0.05, 0) is 30.1 Å². The van der Waals surface area contributed by atoms with Crippen LogP contribution < -0.4 is 0 Å². The topological polar surface area (TPSA) is 18.5 Å². The standard InChI is InChI=1S/C14H24BClO2/c1-14(2,3)9-8-13(7-4-5-10-16)15-17-11-6-12-18-15/h7-9H,4-6,10-12H2,1-3H3/b9-8+,13-7-. The predicted octanol–water partition coefficient (Wildman–Crippen LogP) is 4.00. The third-order valence-electron chi connectivity index (χ3n) is 2.59. The Morgan fingerprint density at radius 1 is 1.28 bits per heavy atom. The first-order chi connectivity index (χ1) is 8.53. The lowest BCUT2D eigenvalue weighted by atomic mass is 9.75. The molecule has 102 valence electrons. The minimum absolute atomic E-state index is 0.167. The lowest BCUT2D eigenvalue weighted by molar-refractivity contribution is 0.140. The van der Waals surface area contributed by atoms with Crippen molar-refractivity contribution < 1.29 is 9.31 Å². The summed E-state index contributed by atoms with van der Waals surface area (Å²) in [7, 11) is -0.201. The molecular weight excluding hydrogens is 246 g/mol. The number of halogens is 1. The van der Waals surface area contributed by atoms with Crippen LogP contribution >= 0.6 is 11.6 Å². The molecule has 0 amide bonds. The van der Waals surface area contributed by atoms with Crippen molar-refractivity contribution in [3.8, 4) is 0 Å². The Hall–Kier alpha value is -0.245. The summed E-state index contributed by atoms with van der Waals surface area (Å²) in [5.41, 5.74) is 1.29. The summed E-state index contributed by atoms with van der Waals surface area (Å²) in [5.74, 6) is 0.694. The van der Waals surface area contributed by atoms with Gasteiger partial charge in [0.2, 0.25) is 0 Å². The van der Waals surface area contributed by atoms with Gasteiger partial charge in [0.15, 0.2) is 0 Å². The molecule has 0 aromatic rings. The Kier molecular flexibility index (Phi) is 7.06. The molecule has 1 aliphatic rings. The first-order valence-electron chi connectivity index (χ1n) is 6.71. The summed E-state index contributed by atoms with van der Waals surface area (Å²) < 4.78 is 11.3. The maximum absolute atomic E-state index is 5.71. The highest BCUT2D eigenvalue weighted by atomic mass is 35.5. The average molecular weight is 271 g/mol. The molecule has 4 heteroatoms. The van der Waals surface area contributed by atoms with Crippen molar-refractivity contribution >= 4 is 18.7 Å². The third kappa shape index (κ3) is 6.62. The molecule has 1 saturated heterocycles. The third-order valence-corrected chi connectivity index (χ3v) is 2.86. The van der Waals surface area contributed by atoms with Crippen LogP contribution in [0.5, 0.6) is 0 Å². The van der Waals surface area contributed by atoms with E-state index >= 15 is 0 Å². The van der Waals surface area contributed by atoms with Crippen LogP contribution in [-0.4, -0.2) is 26.2 Å². The van der Waals surface area contributed by atoms with Gasteiger partial charge in [0.25, 0.3) is 0 Å². The number of allylic oxidation sites excluding steroid dienone is 4. The van der Waals surface area contributed by atoms with Crippen LogP contribution in [0.2, 0.25) is 0 Å². The van der Waals surface area contributed by atoms with Crippen molar-refractivity contribution in [3.05, 3.63) is 23.7 Å². The number of rotatable bonds is 5. The Labute approximate surface area is 117 Å². The molecule has 18 heavy (non-hydrogen) atoms. The average Bonchev–Trinajstić information content (AvgIpc) is 2.33. The molecule has 1 heterocycles. The first kappa shape index (κ1) is 15.8. The van der Waals surface area contributed by atoms with Crippen LogP contribution in [0.15, 0.2) is 23.7 Å². The Morgan fingerprint density at radius 2 is 1.94 bits per heavy atom. The molecule has 0 bridgehead atoms. The fourth-order valence-electron chi connectivity index (χ4n) is 1.62. The van der Waals surface area contributed by atoms with Crippen LogP contribution in [0, 0.1) is 5.41 Å². The second kappa shape index (κ2) is 8.03. The minimum atomic E-state index is -0.201. The number of unbranched alkanes of at least 4 members (excludes halogenated alkanes) is 1. The van der Waals surface area contributed by atoms with E-state index in [1.165, 1.54) is 0 Å². The van der Waals surface area contributed by atoms with Crippen LogP contribution in [0.4, 0.5) is 0 Å². The van der Waals surface area contributed by atoms with Crippen molar-refractivity contribution in [2.75, 3.05) is 19.1 Å². The quantitative estimate of drug-likeness (QED) is 0.325. The number of hydrogen-bond donors (Lipinski definition) is 0. The van der Waals surface area contributed by atoms with Crippen LogP contribution in [0.25, 0.3) is 0 Å². The van der Waals surface area contributed by atoms with E-state index in [9.17, 15) is 0 Å². The van der Waals surface area contributed by atoms with Gasteiger partial charge in [-0.1, -0.05) is 39.0 Å². The molecule has 0 aromatic heterocycles. The van der Waals surface area contributed by atoms with Crippen molar-refractivity contribution in [2.24, 2.45) is 5.41 Å². The second-order valence-electron chi connectivity index (χ2n) is 5.66. The normalized spacial score (nSPS) is 18.7. The van der Waals surface area contributed by atoms with Crippen molar-refractivity contribution in [3.63, 3.8) is 0 Å². The maximum Gasteiger partial charge on any atom is 0.493 e. The smallest absolute Gasteiger partial charge is 0.407 e. The van der Waals surface area contributed by atoms with E-state index in [-0.39, 0.29) is 12.5 Å². The van der Waals surface area contributed by atoms with E-state index < -0.39 is 0 Å². The zero-order chi connectivity index (χ0) is 13.4. The highest BCUT2D eigenvalue weighted by Crippen LogP contribution is 2.19. The van der Waals surface area contributed by atoms with Gasteiger partial charge in [0.05, 0.1) is 0 Å². The fraction of sp³-hybridized carbons (Fsp3) is 0.714. The predicted molar refractivity (Wildman–Crippen MR) is 78.9 cm³/mol. The van der Waals surface area contributed by atoms with Crippen molar-refractivity contribution in [1.82, 2.24) is 0 Å². The summed E-state index contributed by atoms with van der Waals surface area (Å²) in [5, 5.41) is 0. The summed E-state index contributed by atoms with van der Waals surface area (Å²) in [4.78, 5) is 0. The van der Waals surface area contributed by atoms with Crippen LogP contribution in [0.3, 0.4) is 0 Å². The zero-order valence-electron chi connectivity index (χ0n) is 11.7. The van der Waals surface area contributed by atoms with Gasteiger partial charge in [-0.15, -0.1) is 11.6 Å². The van der Waals surface area contributed by atoms with Crippen molar-refractivity contribution in [1.29, 1.82) is 0 Å². The summed E-state index contributed by atoms with van der Waals surface area (Å²) in [6.45, 7) is 8.11. The van der Waals surface area contributed by atoms with Gasteiger partial charge in [-0.2, -0.15) is 0 Å². The molecule has 0 atom stereocenters. The Bertz CT molecular complexity index is 289. The van der Waals surface area contributed by atoms with Gasteiger partial charge in [0.1, 0.15) is 0 Å². The Morgan fingerprint density at radius 3 is 2.50 bits per heavy atom. The fourth-order valence-corrected chi connectivity index (χ4v) is 1.77. The van der Waals surface area contributed by atoms with E-state index in [2.05, 4.69) is 39.0 Å². The first-order valence-corrected chi connectivity index (χ1v) is 7.25. The molecule has 1 fully saturated rings. The summed E-state index contributed by atoms with van der Waals surface area (Å²) in [6.07, 6.45) is 9.44. The molecule has 2 nitrogen and oxygen atoms in total. The lowest BCUT2D eigenvalue weighted by Gasteiger charge is -2.21. The van der Waals surface area contributed by atoms with Gasteiger partial charge >= 0.3 is 7.12 Å². The van der Waals surface area contributed by atoms with Gasteiger partial charge in [0, 0.05) is 19.1 Å². The summed E-state index contributed by atoms with van der Waals surface area (Å²) >= 11 is 5.71. The Balaban J connectivity index is 2.67. The van der Waals surface area contributed by atoms with Crippen LogP contribution in [0.1, 0.15) is 40.0 Å².